The molecule has 1 atom stereocenters. The van der Waals surface area contributed by atoms with Crippen molar-refractivity contribution in [1.29, 1.82) is 0 Å². The number of amides is 1. The van der Waals surface area contributed by atoms with Gasteiger partial charge in [-0.15, -0.1) is 0 Å². The van der Waals surface area contributed by atoms with Crippen LogP contribution in [0.3, 0.4) is 0 Å². The van der Waals surface area contributed by atoms with Gasteiger partial charge in [-0.3, -0.25) is 9.78 Å². The molecule has 0 fully saturated rings. The van der Waals surface area contributed by atoms with E-state index in [2.05, 4.69) is 20.0 Å². The van der Waals surface area contributed by atoms with E-state index < -0.39 is 11.9 Å². The molecule has 1 amide bonds. The van der Waals surface area contributed by atoms with Crippen molar-refractivity contribution in [3.8, 4) is 0 Å². The fraction of sp³-hybridized carbons (Fsp3) is 0.167. The van der Waals surface area contributed by atoms with Crippen molar-refractivity contribution in [3.05, 3.63) is 47.6 Å². The Hall–Kier alpha value is -2.70. The molecule has 2 N–H and O–H groups in total. The lowest BCUT2D eigenvalue weighted by atomic mass is 10.2. The smallest absolute Gasteiger partial charge is 0.374 e. The van der Waals surface area contributed by atoms with Crippen LogP contribution in [0, 0.1) is 0 Å². The van der Waals surface area contributed by atoms with Gasteiger partial charge in [0.2, 0.25) is 5.76 Å². The molecular formula is C12H11N3O4. The summed E-state index contributed by atoms with van der Waals surface area (Å²) in [5.74, 6) is -2.17. The predicted octanol–water partition coefficient (Wildman–Crippen LogP) is 1.26. The van der Waals surface area contributed by atoms with E-state index in [0.717, 1.165) is 6.07 Å². The van der Waals surface area contributed by atoms with E-state index in [4.69, 9.17) is 5.11 Å². The topological polar surface area (TPSA) is 105 Å². The van der Waals surface area contributed by atoms with E-state index >= 15 is 0 Å². The van der Waals surface area contributed by atoms with E-state index in [1.54, 1.807) is 25.3 Å². The molecule has 2 heterocycles. The number of aromatic carboxylic acids is 1. The molecule has 0 aliphatic carbocycles. The van der Waals surface area contributed by atoms with Gasteiger partial charge >= 0.3 is 5.97 Å². The Kier molecular flexibility index (Phi) is 3.56. The Morgan fingerprint density at radius 3 is 2.79 bits per heavy atom. The van der Waals surface area contributed by atoms with Crippen molar-refractivity contribution in [2.24, 2.45) is 0 Å². The van der Waals surface area contributed by atoms with Gasteiger partial charge in [0, 0.05) is 12.3 Å². The number of carbonyl (C=O) groups is 2. The van der Waals surface area contributed by atoms with Gasteiger partial charge in [-0.05, 0) is 19.1 Å². The highest BCUT2D eigenvalue weighted by molar-refractivity contribution is 5.94. The third-order valence-corrected chi connectivity index (χ3v) is 2.43. The molecule has 0 radical (unpaired) electrons. The Morgan fingerprint density at radius 2 is 2.21 bits per heavy atom. The first-order valence-corrected chi connectivity index (χ1v) is 5.49. The summed E-state index contributed by atoms with van der Waals surface area (Å²) in [6.45, 7) is 1.76. The predicted molar refractivity (Wildman–Crippen MR) is 63.6 cm³/mol. The SMILES string of the molecule is CC(NC(=O)c1cc(C(=O)O)on1)c1ccccn1. The van der Waals surface area contributed by atoms with Gasteiger partial charge in [0.05, 0.1) is 11.7 Å². The van der Waals surface area contributed by atoms with Gasteiger partial charge in [0.25, 0.3) is 5.91 Å². The lowest BCUT2D eigenvalue weighted by Gasteiger charge is -2.11. The number of carbonyl (C=O) groups excluding carboxylic acids is 1. The fourth-order valence-electron chi connectivity index (χ4n) is 1.46. The average molecular weight is 261 g/mol. The van der Waals surface area contributed by atoms with Gasteiger partial charge in [-0.25, -0.2) is 4.79 Å². The quantitative estimate of drug-likeness (QED) is 0.858. The van der Waals surface area contributed by atoms with Crippen LogP contribution in [0.25, 0.3) is 0 Å². The highest BCUT2D eigenvalue weighted by atomic mass is 16.5. The summed E-state index contributed by atoms with van der Waals surface area (Å²) in [5.41, 5.74) is 0.609. The molecule has 0 aliphatic rings. The van der Waals surface area contributed by atoms with E-state index in [1.807, 2.05) is 6.07 Å². The summed E-state index contributed by atoms with van der Waals surface area (Å²) in [5, 5.41) is 14.7. The van der Waals surface area contributed by atoms with Gasteiger partial charge in [0.15, 0.2) is 5.69 Å². The zero-order chi connectivity index (χ0) is 13.8. The summed E-state index contributed by atoms with van der Waals surface area (Å²) in [7, 11) is 0. The van der Waals surface area contributed by atoms with Crippen molar-refractivity contribution in [2.75, 3.05) is 0 Å². The van der Waals surface area contributed by atoms with Crippen LogP contribution < -0.4 is 5.32 Å². The lowest BCUT2D eigenvalue weighted by molar-refractivity contribution is 0.0651. The molecule has 0 spiro atoms. The molecule has 2 aromatic heterocycles. The van der Waals surface area contributed by atoms with Crippen molar-refractivity contribution in [1.82, 2.24) is 15.5 Å². The molecule has 2 rings (SSSR count). The summed E-state index contributed by atoms with van der Waals surface area (Å²) in [6.07, 6.45) is 1.62. The van der Waals surface area contributed by atoms with Gasteiger partial charge in [0.1, 0.15) is 0 Å². The van der Waals surface area contributed by atoms with Crippen molar-refractivity contribution >= 4 is 11.9 Å². The van der Waals surface area contributed by atoms with E-state index in [0.29, 0.717) is 5.69 Å². The second kappa shape index (κ2) is 5.30. The Balaban J connectivity index is 2.06. The molecular weight excluding hydrogens is 250 g/mol. The van der Waals surface area contributed by atoms with Crippen LogP contribution in [0.4, 0.5) is 0 Å². The summed E-state index contributed by atoms with van der Waals surface area (Å²) < 4.78 is 4.51. The Bertz CT molecular complexity index is 594. The van der Waals surface area contributed by atoms with Crippen LogP contribution in [0.15, 0.2) is 35.0 Å². The van der Waals surface area contributed by atoms with Crippen molar-refractivity contribution < 1.29 is 19.2 Å². The minimum atomic E-state index is -1.27. The highest BCUT2D eigenvalue weighted by Crippen LogP contribution is 2.10. The fourth-order valence-corrected chi connectivity index (χ4v) is 1.46. The van der Waals surface area contributed by atoms with E-state index in [1.165, 1.54) is 0 Å². The number of aromatic nitrogens is 2. The Labute approximate surface area is 108 Å². The van der Waals surface area contributed by atoms with Crippen LogP contribution in [0.5, 0.6) is 0 Å². The molecule has 0 saturated carbocycles. The average Bonchev–Trinajstić information content (AvgIpc) is 2.89. The molecule has 19 heavy (non-hydrogen) atoms. The third kappa shape index (κ3) is 2.95. The van der Waals surface area contributed by atoms with Crippen molar-refractivity contribution in [2.45, 2.75) is 13.0 Å². The number of carboxylic acid groups (broad SMARTS) is 1. The van der Waals surface area contributed by atoms with E-state index in [-0.39, 0.29) is 17.5 Å². The Morgan fingerprint density at radius 1 is 1.42 bits per heavy atom. The number of rotatable bonds is 4. The first-order chi connectivity index (χ1) is 9.08. The molecule has 0 aromatic carbocycles. The number of pyridine rings is 1. The van der Waals surface area contributed by atoms with Crippen LogP contribution in [-0.4, -0.2) is 27.1 Å². The lowest BCUT2D eigenvalue weighted by Crippen LogP contribution is -2.27. The first kappa shape index (κ1) is 12.7. The number of carboxylic acids is 1. The summed E-state index contributed by atoms with van der Waals surface area (Å²) >= 11 is 0. The second-order valence-corrected chi connectivity index (χ2v) is 3.83. The van der Waals surface area contributed by atoms with Gasteiger partial charge in [-0.2, -0.15) is 0 Å². The highest BCUT2D eigenvalue weighted by Gasteiger charge is 2.18. The largest absolute Gasteiger partial charge is 0.475 e. The minimum Gasteiger partial charge on any atom is -0.475 e. The van der Waals surface area contributed by atoms with Crippen LogP contribution >= 0.6 is 0 Å². The van der Waals surface area contributed by atoms with Gasteiger partial charge < -0.3 is 14.9 Å². The monoisotopic (exact) mass is 261 g/mol. The van der Waals surface area contributed by atoms with Crippen LogP contribution in [0.1, 0.15) is 39.7 Å². The molecule has 7 nitrogen and oxygen atoms in total. The maximum absolute atomic E-state index is 11.8. The minimum absolute atomic E-state index is 0.0832. The first-order valence-electron chi connectivity index (χ1n) is 5.49. The molecule has 0 aliphatic heterocycles. The third-order valence-electron chi connectivity index (χ3n) is 2.43. The zero-order valence-corrected chi connectivity index (χ0v) is 10.0. The molecule has 7 heteroatoms. The summed E-state index contributed by atoms with van der Waals surface area (Å²) in [6, 6.07) is 6.11. The zero-order valence-electron chi connectivity index (χ0n) is 10.0. The van der Waals surface area contributed by atoms with Crippen molar-refractivity contribution in [3.63, 3.8) is 0 Å². The molecule has 98 valence electrons. The normalized spacial score (nSPS) is 11.8. The van der Waals surface area contributed by atoms with Gasteiger partial charge in [-0.1, -0.05) is 11.2 Å². The number of nitrogens with one attached hydrogen (secondary N) is 1. The maximum Gasteiger partial charge on any atom is 0.374 e. The van der Waals surface area contributed by atoms with E-state index in [9.17, 15) is 9.59 Å². The number of hydrogen-bond donors (Lipinski definition) is 2. The standard InChI is InChI=1S/C12H11N3O4/c1-7(8-4-2-3-5-13-8)14-11(16)9-6-10(12(17)18)19-15-9/h2-7H,1H3,(H,14,16)(H,17,18). The molecule has 2 aromatic rings. The number of nitrogens with zero attached hydrogens (tertiary/aromatic N) is 2. The maximum atomic E-state index is 11.8. The van der Waals surface area contributed by atoms with Crippen LogP contribution in [-0.2, 0) is 0 Å². The number of hydrogen-bond acceptors (Lipinski definition) is 5. The molecule has 0 bridgehead atoms. The molecule has 1 unspecified atom stereocenters. The second-order valence-electron chi connectivity index (χ2n) is 3.83. The van der Waals surface area contributed by atoms with Crippen LogP contribution in [0.2, 0.25) is 0 Å². The molecule has 0 saturated heterocycles. The summed E-state index contributed by atoms with van der Waals surface area (Å²) in [4.78, 5) is 26.5.